The monoisotopic (exact) mass is 1040 g/mol. The van der Waals surface area contributed by atoms with Gasteiger partial charge in [-0.3, -0.25) is 0 Å². The summed E-state index contributed by atoms with van der Waals surface area (Å²) < 4.78 is 86.6. The molecule has 0 unspecified atom stereocenters. The fourth-order valence-corrected chi connectivity index (χ4v) is 4.57. The molecule has 22 heteroatoms. The number of imidazole rings is 4. The number of hydrogen-bond donors (Lipinski definition) is 0. The first-order valence-corrected chi connectivity index (χ1v) is 17.7. The van der Waals surface area contributed by atoms with Crippen LogP contribution in [0.2, 0.25) is 0 Å². The van der Waals surface area contributed by atoms with E-state index in [0.717, 1.165) is 49.5 Å². The molecule has 0 amide bonds. The molecule has 0 bridgehead atoms. The molecule has 10 nitrogen and oxygen atoms in total. The molecule has 0 saturated heterocycles. The molecule has 6 aromatic rings. The third kappa shape index (κ3) is 29.0. The van der Waals surface area contributed by atoms with E-state index >= 15 is 0 Å². The van der Waals surface area contributed by atoms with Gasteiger partial charge in [0.05, 0.1) is 0 Å². The molecule has 0 spiro atoms. The van der Waals surface area contributed by atoms with Crippen molar-refractivity contribution in [3.05, 3.63) is 144 Å². The van der Waals surface area contributed by atoms with Crippen molar-refractivity contribution < 1.29 is 88.9 Å². The van der Waals surface area contributed by atoms with Gasteiger partial charge in [0, 0.05) is 75.8 Å². The van der Waals surface area contributed by atoms with Crippen LogP contribution in [-0.2, 0) is 80.5 Å². The van der Waals surface area contributed by atoms with Crippen LogP contribution in [0.25, 0.3) is 0 Å². The minimum absolute atomic E-state index is 0. The van der Waals surface area contributed by atoms with Gasteiger partial charge in [-0.25, -0.2) is 19.9 Å². The predicted molar refractivity (Wildman–Crippen MR) is 210 cm³/mol. The maximum atomic E-state index is 9.75. The van der Waals surface area contributed by atoms with Gasteiger partial charge >= 0.3 is 59.3 Å². The number of aromatic nitrogens is 8. The summed E-state index contributed by atoms with van der Waals surface area (Å²) >= 11 is 0. The Morgan fingerprint density at radius 3 is 0.650 bits per heavy atom. The summed E-state index contributed by atoms with van der Waals surface area (Å²) in [6, 6.07) is 17.5. The van der Waals surface area contributed by atoms with Crippen molar-refractivity contribution in [3.8, 4) is 0 Å². The summed E-state index contributed by atoms with van der Waals surface area (Å²) in [5.74, 6) is 4.51. The van der Waals surface area contributed by atoms with Crippen LogP contribution < -0.4 is 0 Å². The maximum absolute atomic E-state index is 9.75. The van der Waals surface area contributed by atoms with E-state index in [2.05, 4.69) is 86.7 Å². The number of Topliss-reactive ketones (excluding diaryl/α,β-unsaturated/α-hetero) is 2. The van der Waals surface area contributed by atoms with Gasteiger partial charge in [0.15, 0.2) is 0 Å². The van der Waals surface area contributed by atoms with Gasteiger partial charge in [0.25, 0.3) is 0 Å². The van der Waals surface area contributed by atoms with E-state index in [1.54, 1.807) is 0 Å². The SMILES string of the molecule is CC(C)=O.CC(C)=O.Cc1nccn1Cc1ccc(Cn2ccnc2C)cc1.Cc1nccn1Cc1ccc(Cn2ccnc2C)cc1.F[B-](F)(F)F.F[B-](F)(F)F.[Ag+].[Ag+]. The van der Waals surface area contributed by atoms with Crippen LogP contribution in [0, 0.1) is 27.7 Å². The first-order chi connectivity index (χ1) is 26.9. The molecule has 0 saturated carbocycles. The predicted octanol–water partition coefficient (Wildman–Crippen LogP) is 9.37. The van der Waals surface area contributed by atoms with E-state index in [4.69, 9.17) is 0 Å². The Morgan fingerprint density at radius 2 is 0.550 bits per heavy atom. The van der Waals surface area contributed by atoms with Gasteiger partial charge in [-0.1, -0.05) is 48.5 Å². The molecule has 4 heterocycles. The minimum Gasteiger partial charge on any atom is -0.418 e. The number of carbonyl (C=O) groups excluding carboxylic acids is 2. The van der Waals surface area contributed by atoms with Crippen molar-refractivity contribution in [2.75, 3.05) is 0 Å². The molecule has 0 aliphatic heterocycles. The van der Waals surface area contributed by atoms with E-state index < -0.39 is 14.5 Å². The van der Waals surface area contributed by atoms with Crippen LogP contribution in [0.1, 0.15) is 73.2 Å². The minimum atomic E-state index is -6.00. The van der Waals surface area contributed by atoms with Crippen LogP contribution in [-0.4, -0.2) is 64.3 Å². The van der Waals surface area contributed by atoms with Crippen molar-refractivity contribution >= 4 is 26.1 Å². The Morgan fingerprint density at radius 1 is 0.417 bits per heavy atom. The number of ketones is 2. The van der Waals surface area contributed by atoms with Crippen LogP contribution in [0.4, 0.5) is 34.5 Å². The summed E-state index contributed by atoms with van der Waals surface area (Å²) in [4.78, 5) is 35.9. The second-order valence-electron chi connectivity index (χ2n) is 12.8. The van der Waals surface area contributed by atoms with Crippen molar-refractivity contribution in [2.24, 2.45) is 0 Å². The van der Waals surface area contributed by atoms with Crippen molar-refractivity contribution in [1.29, 1.82) is 0 Å². The summed E-state index contributed by atoms with van der Waals surface area (Å²) in [5.41, 5.74) is 5.16. The number of aryl methyl sites for hydroxylation is 4. The number of hydrogen-bond acceptors (Lipinski definition) is 6. The zero-order valence-corrected chi connectivity index (χ0v) is 37.2. The van der Waals surface area contributed by atoms with Crippen LogP contribution in [0.3, 0.4) is 0 Å². The van der Waals surface area contributed by atoms with E-state index in [9.17, 15) is 44.1 Å². The fraction of sp³-hybridized carbons (Fsp3) is 0.316. The molecule has 0 aliphatic rings. The topological polar surface area (TPSA) is 105 Å². The van der Waals surface area contributed by atoms with Crippen LogP contribution in [0.5, 0.6) is 0 Å². The summed E-state index contributed by atoms with van der Waals surface area (Å²) in [7, 11) is -12.0. The molecule has 0 aliphatic carbocycles. The van der Waals surface area contributed by atoms with Gasteiger partial charge in [-0.15, -0.1) is 0 Å². The standard InChI is InChI=1S/2C16H18N4.2C3H6O.2Ag.2BF4/c2*1-13-17-7-9-19(13)11-15-3-5-16(6-4-15)12-20-10-8-18-14(20)2;2*1-3(2)4;;;2*2-1(3,4)5/h2*3-10H,11-12H2,1-2H3;2*1-2H3;;;;/q;;;;2*+1;2*-1. The Kier molecular flexibility index (Phi) is 27.9. The Hall–Kier alpha value is -4.33. The molecule has 4 aromatic heterocycles. The van der Waals surface area contributed by atoms with Crippen molar-refractivity contribution in [1.82, 2.24) is 38.2 Å². The third-order valence-electron chi connectivity index (χ3n) is 7.15. The molecule has 0 atom stereocenters. The summed E-state index contributed by atoms with van der Waals surface area (Å²) in [5, 5.41) is 0. The quantitative estimate of drug-likeness (QED) is 0.111. The zero-order valence-electron chi connectivity index (χ0n) is 34.2. The molecule has 0 fully saturated rings. The first kappa shape index (κ1) is 57.8. The maximum Gasteiger partial charge on any atom is 1.00 e. The second-order valence-corrected chi connectivity index (χ2v) is 12.8. The molecule has 2 aromatic carbocycles. The van der Waals surface area contributed by atoms with Crippen molar-refractivity contribution in [3.63, 3.8) is 0 Å². The molecular weight excluding hydrogens is 990 g/mol. The normalized spacial score (nSPS) is 10.1. The van der Waals surface area contributed by atoms with Gasteiger partial charge in [0.2, 0.25) is 0 Å². The molecule has 336 valence electrons. The molecule has 60 heavy (non-hydrogen) atoms. The average Bonchev–Trinajstić information content (AvgIpc) is 3.89. The number of halogens is 8. The van der Waals surface area contributed by atoms with Gasteiger partial charge < -0.3 is 62.4 Å². The summed E-state index contributed by atoms with van der Waals surface area (Å²) in [6.07, 6.45) is 15.4. The second kappa shape index (κ2) is 29.0. The fourth-order valence-electron chi connectivity index (χ4n) is 4.57. The zero-order chi connectivity index (χ0) is 44.1. The van der Waals surface area contributed by atoms with E-state index in [1.807, 2.05) is 77.3 Å². The summed E-state index contributed by atoms with van der Waals surface area (Å²) in [6.45, 7) is 17.7. The largest absolute Gasteiger partial charge is 1.00 e. The Balaban J connectivity index is 0. The number of carbonyl (C=O) groups is 2. The average molecular weight is 1040 g/mol. The van der Waals surface area contributed by atoms with E-state index in [1.165, 1.54) is 49.9 Å². The number of rotatable bonds is 8. The Bertz CT molecular complexity index is 1790. The first-order valence-electron chi connectivity index (χ1n) is 17.7. The smallest absolute Gasteiger partial charge is 0.418 e. The molecule has 6 rings (SSSR count). The number of benzene rings is 2. The van der Waals surface area contributed by atoms with Crippen LogP contribution >= 0.6 is 0 Å². The number of nitrogens with zero attached hydrogens (tertiary/aromatic N) is 8. The Labute approximate surface area is 376 Å². The molecule has 0 radical (unpaired) electrons. The third-order valence-corrected chi connectivity index (χ3v) is 7.15. The van der Waals surface area contributed by atoms with E-state index in [0.29, 0.717) is 0 Å². The van der Waals surface area contributed by atoms with Crippen molar-refractivity contribution in [2.45, 2.75) is 81.6 Å². The van der Waals surface area contributed by atoms with Gasteiger partial charge in [-0.05, 0) is 77.6 Å². The van der Waals surface area contributed by atoms with Gasteiger partial charge in [-0.2, -0.15) is 0 Å². The molecule has 0 N–H and O–H groups in total. The molecular formula is C38H48Ag2B2F8N8O2. The van der Waals surface area contributed by atoms with E-state index in [-0.39, 0.29) is 56.3 Å². The van der Waals surface area contributed by atoms with Gasteiger partial charge in [0.1, 0.15) is 34.9 Å². The van der Waals surface area contributed by atoms with Crippen LogP contribution in [0.15, 0.2) is 98.1 Å².